The number of halogens is 5. The van der Waals surface area contributed by atoms with Crippen LogP contribution in [0, 0.1) is 0 Å². The van der Waals surface area contributed by atoms with Crippen molar-refractivity contribution in [2.75, 3.05) is 0 Å². The summed E-state index contributed by atoms with van der Waals surface area (Å²) in [5.41, 5.74) is 6.76. The second-order valence-corrected chi connectivity index (χ2v) is 5.62. The molecule has 0 saturated carbocycles. The van der Waals surface area contributed by atoms with Gasteiger partial charge in [0.1, 0.15) is 5.75 Å². The van der Waals surface area contributed by atoms with E-state index in [2.05, 4.69) is 20.7 Å². The van der Waals surface area contributed by atoms with Gasteiger partial charge in [0.2, 0.25) is 0 Å². The van der Waals surface area contributed by atoms with E-state index in [1.807, 2.05) is 11.4 Å². The molecule has 0 spiro atoms. The average Bonchev–Trinajstić information content (AvgIpc) is 2.74. The van der Waals surface area contributed by atoms with Crippen LogP contribution in [0.5, 0.6) is 5.75 Å². The Balaban J connectivity index is 0.00000200. The van der Waals surface area contributed by atoms with Gasteiger partial charge >= 0.3 is 6.36 Å². The quantitative estimate of drug-likeness (QED) is 0.813. The van der Waals surface area contributed by atoms with Crippen LogP contribution in [-0.4, -0.2) is 6.36 Å². The van der Waals surface area contributed by atoms with E-state index in [4.69, 9.17) is 5.73 Å². The molecule has 8 heteroatoms. The lowest BCUT2D eigenvalue weighted by Gasteiger charge is -2.12. The summed E-state index contributed by atoms with van der Waals surface area (Å²) in [6.07, 6.45) is -4.68. The van der Waals surface area contributed by atoms with Crippen LogP contribution in [0.1, 0.15) is 16.5 Å². The predicted octanol–water partition coefficient (Wildman–Crippen LogP) is 4.88. The highest BCUT2D eigenvalue weighted by Crippen LogP contribution is 2.30. The van der Waals surface area contributed by atoms with Gasteiger partial charge in [-0.05, 0) is 39.7 Å². The van der Waals surface area contributed by atoms with Gasteiger partial charge < -0.3 is 10.5 Å². The minimum absolute atomic E-state index is 0. The largest absolute Gasteiger partial charge is 0.573 e. The minimum atomic E-state index is -4.68. The molecule has 2 nitrogen and oxygen atoms in total. The first kappa shape index (κ1) is 17.3. The van der Waals surface area contributed by atoms with Crippen LogP contribution >= 0.6 is 39.7 Å². The summed E-state index contributed by atoms with van der Waals surface area (Å²) in [5, 5.41) is 1.90. The lowest BCUT2D eigenvalue weighted by atomic mass is 10.1. The molecule has 2 aromatic rings. The molecule has 0 fully saturated rings. The van der Waals surface area contributed by atoms with Gasteiger partial charge in [-0.3, -0.25) is 0 Å². The van der Waals surface area contributed by atoms with Gasteiger partial charge in [-0.15, -0.1) is 36.9 Å². The van der Waals surface area contributed by atoms with E-state index in [9.17, 15) is 13.2 Å². The highest BCUT2D eigenvalue weighted by molar-refractivity contribution is 9.10. The number of nitrogens with two attached hydrogens (primary N) is 1. The van der Waals surface area contributed by atoms with Crippen LogP contribution in [-0.2, 0) is 0 Å². The molecule has 1 atom stereocenters. The van der Waals surface area contributed by atoms with Crippen molar-refractivity contribution >= 4 is 39.7 Å². The van der Waals surface area contributed by atoms with Crippen LogP contribution in [0.4, 0.5) is 13.2 Å². The molecule has 110 valence electrons. The third-order valence-corrected chi connectivity index (χ3v) is 4.14. The fourth-order valence-corrected chi connectivity index (χ4v) is 3.01. The Labute approximate surface area is 132 Å². The Morgan fingerprint density at radius 2 is 1.80 bits per heavy atom. The molecular weight excluding hydrogens is 379 g/mol. The monoisotopic (exact) mass is 387 g/mol. The Kier molecular flexibility index (Phi) is 5.88. The summed E-state index contributed by atoms with van der Waals surface area (Å²) < 4.78 is 40.8. The smallest absolute Gasteiger partial charge is 0.406 e. The van der Waals surface area contributed by atoms with E-state index in [-0.39, 0.29) is 24.2 Å². The van der Waals surface area contributed by atoms with Crippen molar-refractivity contribution in [3.8, 4) is 5.75 Å². The maximum Gasteiger partial charge on any atom is 0.573 e. The number of alkyl halides is 3. The van der Waals surface area contributed by atoms with Gasteiger partial charge in [0.25, 0.3) is 0 Å². The minimum Gasteiger partial charge on any atom is -0.406 e. The summed E-state index contributed by atoms with van der Waals surface area (Å²) >= 11 is 4.81. The van der Waals surface area contributed by atoms with Crippen molar-refractivity contribution in [2.45, 2.75) is 12.4 Å². The van der Waals surface area contributed by atoms with Crippen molar-refractivity contribution in [1.29, 1.82) is 0 Å². The van der Waals surface area contributed by atoms with E-state index < -0.39 is 6.36 Å². The third kappa shape index (κ3) is 4.66. The molecule has 1 heterocycles. The van der Waals surface area contributed by atoms with Crippen LogP contribution in [0.25, 0.3) is 0 Å². The maximum atomic E-state index is 12.0. The third-order valence-electron chi connectivity index (χ3n) is 2.37. The summed E-state index contributed by atoms with van der Waals surface area (Å²) in [4.78, 5) is 0.927. The zero-order valence-electron chi connectivity index (χ0n) is 9.86. The molecule has 1 aromatic carbocycles. The second-order valence-electron chi connectivity index (χ2n) is 3.76. The molecule has 2 rings (SSSR count). The maximum absolute atomic E-state index is 12.0. The number of ether oxygens (including phenoxy) is 1. The molecule has 2 N–H and O–H groups in total. The van der Waals surface area contributed by atoms with E-state index in [1.165, 1.54) is 35.6 Å². The SMILES string of the molecule is Cl.N[C@@H](c1ccc(OC(F)(F)F)cc1)c1cc(Br)cs1. The average molecular weight is 389 g/mol. The molecule has 0 bridgehead atoms. The van der Waals surface area contributed by atoms with E-state index >= 15 is 0 Å². The first-order chi connectivity index (χ1) is 8.85. The summed E-state index contributed by atoms with van der Waals surface area (Å²) in [6.45, 7) is 0. The lowest BCUT2D eigenvalue weighted by molar-refractivity contribution is -0.274. The second kappa shape index (κ2) is 6.80. The van der Waals surface area contributed by atoms with Gasteiger partial charge in [0, 0.05) is 14.7 Å². The van der Waals surface area contributed by atoms with Gasteiger partial charge in [-0.25, -0.2) is 0 Å². The van der Waals surface area contributed by atoms with Crippen LogP contribution < -0.4 is 10.5 Å². The summed E-state index contributed by atoms with van der Waals surface area (Å²) in [7, 11) is 0. The molecule has 0 aliphatic rings. The summed E-state index contributed by atoms with van der Waals surface area (Å²) in [5.74, 6) is -0.254. The Morgan fingerprint density at radius 3 is 2.25 bits per heavy atom. The van der Waals surface area contributed by atoms with Crippen LogP contribution in [0.3, 0.4) is 0 Å². The fourth-order valence-electron chi connectivity index (χ4n) is 1.53. The Hall–Kier alpha value is -0.760. The molecule has 0 aliphatic carbocycles. The molecule has 0 saturated heterocycles. The topological polar surface area (TPSA) is 35.2 Å². The van der Waals surface area contributed by atoms with E-state index in [1.54, 1.807) is 0 Å². The molecular formula is C12H10BrClF3NOS. The first-order valence-electron chi connectivity index (χ1n) is 5.20. The molecule has 0 amide bonds. The normalized spacial score (nSPS) is 12.7. The van der Waals surface area contributed by atoms with Crippen molar-refractivity contribution in [3.63, 3.8) is 0 Å². The number of benzene rings is 1. The summed E-state index contributed by atoms with van der Waals surface area (Å²) in [6, 6.07) is 7.08. The van der Waals surface area contributed by atoms with Crippen molar-refractivity contribution in [1.82, 2.24) is 0 Å². The van der Waals surface area contributed by atoms with Gasteiger partial charge in [0.15, 0.2) is 0 Å². The fraction of sp³-hybridized carbons (Fsp3) is 0.167. The lowest BCUT2D eigenvalue weighted by Crippen LogP contribution is -2.17. The van der Waals surface area contributed by atoms with E-state index in [0.717, 1.165) is 14.9 Å². The van der Waals surface area contributed by atoms with Crippen molar-refractivity contribution in [2.24, 2.45) is 5.73 Å². The highest BCUT2D eigenvalue weighted by atomic mass is 79.9. The number of hydrogen-bond donors (Lipinski definition) is 1. The molecule has 0 unspecified atom stereocenters. The number of rotatable bonds is 3. The Morgan fingerprint density at radius 1 is 1.20 bits per heavy atom. The zero-order chi connectivity index (χ0) is 14.0. The molecule has 0 aliphatic heterocycles. The number of hydrogen-bond acceptors (Lipinski definition) is 3. The molecule has 0 radical (unpaired) electrons. The predicted molar refractivity (Wildman–Crippen MR) is 78.4 cm³/mol. The van der Waals surface area contributed by atoms with Gasteiger partial charge in [0.05, 0.1) is 6.04 Å². The van der Waals surface area contributed by atoms with Gasteiger partial charge in [-0.2, -0.15) is 0 Å². The van der Waals surface area contributed by atoms with Crippen molar-refractivity contribution < 1.29 is 17.9 Å². The van der Waals surface area contributed by atoms with Gasteiger partial charge in [-0.1, -0.05) is 12.1 Å². The zero-order valence-corrected chi connectivity index (χ0v) is 13.1. The highest BCUT2D eigenvalue weighted by Gasteiger charge is 2.31. The van der Waals surface area contributed by atoms with Crippen LogP contribution in [0.15, 0.2) is 40.2 Å². The molecule has 20 heavy (non-hydrogen) atoms. The Bertz CT molecular complexity index is 559. The molecule has 1 aromatic heterocycles. The number of thiophene rings is 1. The standard InChI is InChI=1S/C12H9BrF3NOS.ClH/c13-8-5-10(19-6-8)11(17)7-1-3-9(4-2-7)18-12(14,15)16;/h1-6,11H,17H2;1H/t11-;/m0./s1. The first-order valence-corrected chi connectivity index (χ1v) is 6.87. The van der Waals surface area contributed by atoms with E-state index in [0.29, 0.717) is 0 Å². The van der Waals surface area contributed by atoms with Crippen molar-refractivity contribution in [3.05, 3.63) is 50.6 Å². The van der Waals surface area contributed by atoms with Crippen LogP contribution in [0.2, 0.25) is 0 Å².